The summed E-state index contributed by atoms with van der Waals surface area (Å²) >= 11 is 0. The van der Waals surface area contributed by atoms with E-state index in [9.17, 15) is 4.79 Å². The van der Waals surface area contributed by atoms with Gasteiger partial charge in [0.15, 0.2) is 0 Å². The van der Waals surface area contributed by atoms with Gasteiger partial charge in [0.2, 0.25) is 0 Å². The lowest BCUT2D eigenvalue weighted by atomic mass is 10.1. The maximum atomic E-state index is 12.1. The molecule has 0 heterocycles. The molecule has 0 atom stereocenters. The summed E-state index contributed by atoms with van der Waals surface area (Å²) in [5.74, 6) is 0.538. The van der Waals surface area contributed by atoms with Gasteiger partial charge in [0, 0.05) is 6.54 Å². The Morgan fingerprint density at radius 3 is 2.43 bits per heavy atom. The Hall–Kier alpha value is -1.55. The first-order valence-electron chi connectivity index (χ1n) is 7.75. The van der Waals surface area contributed by atoms with Gasteiger partial charge >= 0.3 is 5.97 Å². The number of esters is 1. The van der Waals surface area contributed by atoms with Gasteiger partial charge in [-0.15, -0.1) is 0 Å². The second kappa shape index (κ2) is 9.40. The predicted octanol–water partition coefficient (Wildman–Crippen LogP) is 3.28. The lowest BCUT2D eigenvalue weighted by Crippen LogP contribution is -2.28. The minimum Gasteiger partial charge on any atom is -0.494 e. The Morgan fingerprint density at radius 2 is 1.86 bits per heavy atom. The van der Waals surface area contributed by atoms with Crippen molar-refractivity contribution in [2.24, 2.45) is 0 Å². The first-order valence-corrected chi connectivity index (χ1v) is 7.75. The van der Waals surface area contributed by atoms with E-state index in [0.29, 0.717) is 18.8 Å². The SMILES string of the molecule is CCCOc1ccc(C(=O)OCCN(CC)CC)c(C)c1. The average molecular weight is 293 g/mol. The third-order valence-corrected chi connectivity index (χ3v) is 3.43. The van der Waals surface area contributed by atoms with Crippen molar-refractivity contribution in [2.45, 2.75) is 34.1 Å². The zero-order chi connectivity index (χ0) is 15.7. The molecule has 118 valence electrons. The second-order valence-corrected chi connectivity index (χ2v) is 4.99. The van der Waals surface area contributed by atoms with E-state index in [1.807, 2.05) is 19.1 Å². The van der Waals surface area contributed by atoms with E-state index in [1.165, 1.54) is 0 Å². The van der Waals surface area contributed by atoms with Gasteiger partial charge in [-0.1, -0.05) is 20.8 Å². The van der Waals surface area contributed by atoms with Crippen molar-refractivity contribution in [3.63, 3.8) is 0 Å². The van der Waals surface area contributed by atoms with Crippen molar-refractivity contribution in [3.8, 4) is 5.75 Å². The summed E-state index contributed by atoms with van der Waals surface area (Å²) in [5, 5.41) is 0. The van der Waals surface area contributed by atoms with Crippen LogP contribution in [0.15, 0.2) is 18.2 Å². The molecule has 4 heteroatoms. The standard InChI is InChI=1S/C17H27NO3/c1-5-11-20-15-8-9-16(14(4)13-15)17(19)21-12-10-18(6-2)7-3/h8-9,13H,5-7,10-12H2,1-4H3. The molecule has 1 aromatic carbocycles. The smallest absolute Gasteiger partial charge is 0.338 e. The number of carbonyl (C=O) groups excluding carboxylic acids is 1. The molecule has 0 aliphatic rings. The van der Waals surface area contributed by atoms with E-state index >= 15 is 0 Å². The van der Waals surface area contributed by atoms with Gasteiger partial charge in [0.25, 0.3) is 0 Å². The molecule has 1 aromatic rings. The lowest BCUT2D eigenvalue weighted by molar-refractivity contribution is 0.0465. The van der Waals surface area contributed by atoms with Crippen LogP contribution in [0.3, 0.4) is 0 Å². The molecule has 1 rings (SSSR count). The Balaban J connectivity index is 2.54. The molecule has 0 aromatic heterocycles. The zero-order valence-corrected chi connectivity index (χ0v) is 13.6. The van der Waals surface area contributed by atoms with Gasteiger partial charge in [-0.3, -0.25) is 0 Å². The third-order valence-electron chi connectivity index (χ3n) is 3.43. The van der Waals surface area contributed by atoms with Crippen LogP contribution < -0.4 is 4.74 Å². The molecule has 0 bridgehead atoms. The van der Waals surface area contributed by atoms with Crippen molar-refractivity contribution in [1.82, 2.24) is 4.90 Å². The first-order chi connectivity index (χ1) is 10.1. The van der Waals surface area contributed by atoms with Crippen molar-refractivity contribution >= 4 is 5.97 Å². The molecule has 0 saturated carbocycles. The van der Waals surface area contributed by atoms with E-state index < -0.39 is 0 Å². The summed E-state index contributed by atoms with van der Waals surface area (Å²) in [6.07, 6.45) is 0.966. The van der Waals surface area contributed by atoms with Gasteiger partial charge in [0.05, 0.1) is 12.2 Å². The quantitative estimate of drug-likeness (QED) is 0.655. The molecular formula is C17H27NO3. The number of carbonyl (C=O) groups is 1. The van der Waals surface area contributed by atoms with Gasteiger partial charge in [-0.05, 0) is 50.2 Å². The van der Waals surface area contributed by atoms with Crippen LogP contribution in [-0.4, -0.2) is 43.7 Å². The summed E-state index contributed by atoms with van der Waals surface area (Å²) in [5.41, 5.74) is 1.50. The molecule has 0 fully saturated rings. The molecule has 0 N–H and O–H groups in total. The van der Waals surface area contributed by atoms with Crippen LogP contribution in [0.2, 0.25) is 0 Å². The van der Waals surface area contributed by atoms with Gasteiger partial charge < -0.3 is 14.4 Å². The maximum Gasteiger partial charge on any atom is 0.338 e. The number of aryl methyl sites for hydroxylation is 1. The van der Waals surface area contributed by atoms with Crippen LogP contribution >= 0.6 is 0 Å². The number of benzene rings is 1. The van der Waals surface area contributed by atoms with Gasteiger partial charge in [0.1, 0.15) is 12.4 Å². The largest absolute Gasteiger partial charge is 0.494 e. The van der Waals surface area contributed by atoms with Crippen LogP contribution in [0.5, 0.6) is 5.75 Å². The van der Waals surface area contributed by atoms with Crippen LogP contribution in [0, 0.1) is 6.92 Å². The molecule has 0 aliphatic carbocycles. The van der Waals surface area contributed by atoms with Crippen molar-refractivity contribution in [1.29, 1.82) is 0 Å². The third kappa shape index (κ3) is 5.76. The number of rotatable bonds is 9. The maximum absolute atomic E-state index is 12.1. The van der Waals surface area contributed by atoms with Crippen molar-refractivity contribution in [2.75, 3.05) is 32.8 Å². The Labute approximate surface area is 128 Å². The zero-order valence-electron chi connectivity index (χ0n) is 13.6. The fourth-order valence-corrected chi connectivity index (χ4v) is 2.06. The summed E-state index contributed by atoms with van der Waals surface area (Å²) < 4.78 is 10.9. The van der Waals surface area contributed by atoms with Gasteiger partial charge in [-0.2, -0.15) is 0 Å². The highest BCUT2D eigenvalue weighted by molar-refractivity contribution is 5.91. The summed E-state index contributed by atoms with van der Waals surface area (Å²) in [4.78, 5) is 14.3. The molecular weight excluding hydrogens is 266 g/mol. The number of hydrogen-bond donors (Lipinski definition) is 0. The predicted molar refractivity (Wildman–Crippen MR) is 85.0 cm³/mol. The molecule has 0 spiro atoms. The van der Waals surface area contributed by atoms with E-state index in [2.05, 4.69) is 25.7 Å². The van der Waals surface area contributed by atoms with Crippen molar-refractivity contribution in [3.05, 3.63) is 29.3 Å². The molecule has 0 radical (unpaired) electrons. The highest BCUT2D eigenvalue weighted by atomic mass is 16.5. The summed E-state index contributed by atoms with van der Waals surface area (Å²) in [6, 6.07) is 5.49. The highest BCUT2D eigenvalue weighted by Crippen LogP contribution is 2.18. The molecule has 21 heavy (non-hydrogen) atoms. The van der Waals surface area contributed by atoms with Gasteiger partial charge in [-0.25, -0.2) is 4.79 Å². The van der Waals surface area contributed by atoms with E-state index in [1.54, 1.807) is 6.07 Å². The number of ether oxygens (including phenoxy) is 2. The Morgan fingerprint density at radius 1 is 1.14 bits per heavy atom. The molecule has 0 saturated heterocycles. The minimum atomic E-state index is -0.262. The topological polar surface area (TPSA) is 38.8 Å². The normalized spacial score (nSPS) is 10.7. The van der Waals surface area contributed by atoms with E-state index in [-0.39, 0.29) is 5.97 Å². The Bertz CT molecular complexity index is 442. The number of nitrogens with zero attached hydrogens (tertiary/aromatic N) is 1. The highest BCUT2D eigenvalue weighted by Gasteiger charge is 2.11. The molecule has 0 aliphatic heterocycles. The minimum absolute atomic E-state index is 0.262. The Kier molecular flexibility index (Phi) is 7.83. The summed E-state index contributed by atoms with van der Waals surface area (Å²) in [7, 11) is 0. The fourth-order valence-electron chi connectivity index (χ4n) is 2.06. The second-order valence-electron chi connectivity index (χ2n) is 4.99. The molecule has 0 amide bonds. The van der Waals surface area contributed by atoms with Crippen molar-refractivity contribution < 1.29 is 14.3 Å². The van der Waals surface area contributed by atoms with E-state index in [4.69, 9.17) is 9.47 Å². The monoisotopic (exact) mass is 293 g/mol. The number of hydrogen-bond acceptors (Lipinski definition) is 4. The van der Waals surface area contributed by atoms with Crippen LogP contribution in [0.4, 0.5) is 0 Å². The molecule has 0 unspecified atom stereocenters. The molecule has 4 nitrogen and oxygen atoms in total. The fraction of sp³-hybridized carbons (Fsp3) is 0.588. The van der Waals surface area contributed by atoms with Crippen LogP contribution in [0.25, 0.3) is 0 Å². The van der Waals surface area contributed by atoms with Crippen LogP contribution in [0.1, 0.15) is 43.1 Å². The van der Waals surface area contributed by atoms with E-state index in [0.717, 1.165) is 37.4 Å². The average Bonchev–Trinajstić information content (AvgIpc) is 2.49. The lowest BCUT2D eigenvalue weighted by Gasteiger charge is -2.17. The number of likely N-dealkylation sites (N-methyl/N-ethyl adjacent to an activating group) is 1. The van der Waals surface area contributed by atoms with Crippen LogP contribution in [-0.2, 0) is 4.74 Å². The first kappa shape index (κ1) is 17.5. The summed E-state index contributed by atoms with van der Waals surface area (Å²) in [6.45, 7) is 12.0.